The Balaban J connectivity index is 1.19. The number of fused-ring (bicyclic) bond motifs is 1. The number of aromatic amines is 1. The molecule has 8 heteroatoms. The summed E-state index contributed by atoms with van der Waals surface area (Å²) in [5.41, 5.74) is 4.15. The molecule has 0 spiro atoms. The number of aromatic nitrogens is 3. The molecule has 0 saturated carbocycles. The van der Waals surface area contributed by atoms with E-state index < -0.39 is 12.1 Å². The summed E-state index contributed by atoms with van der Waals surface area (Å²) in [6, 6.07) is 9.71. The lowest BCUT2D eigenvalue weighted by Gasteiger charge is -2.39. The first kappa shape index (κ1) is 21.6. The van der Waals surface area contributed by atoms with Gasteiger partial charge in [-0.05, 0) is 67.3 Å². The summed E-state index contributed by atoms with van der Waals surface area (Å²) >= 11 is 0. The smallest absolute Gasteiger partial charge is 0.289 e. The minimum absolute atomic E-state index is 0.0588. The van der Waals surface area contributed by atoms with Crippen molar-refractivity contribution in [2.45, 2.75) is 38.3 Å². The van der Waals surface area contributed by atoms with Gasteiger partial charge in [-0.25, -0.2) is 9.37 Å². The number of halogens is 1. The number of hydrogen-bond donors (Lipinski definition) is 1. The number of nitrogens with one attached hydrogen (secondary N) is 1. The van der Waals surface area contributed by atoms with Crippen molar-refractivity contribution in [1.82, 2.24) is 24.8 Å². The van der Waals surface area contributed by atoms with E-state index in [4.69, 9.17) is 0 Å². The monoisotopic (exact) mass is 449 g/mol. The molecule has 2 saturated heterocycles. The fourth-order valence-corrected chi connectivity index (χ4v) is 5.03. The number of carbonyl (C=O) groups excluding carboxylic acids is 2. The Kier molecular flexibility index (Phi) is 5.83. The maximum absolute atomic E-state index is 13.4. The molecule has 33 heavy (non-hydrogen) atoms. The van der Waals surface area contributed by atoms with Crippen LogP contribution >= 0.6 is 0 Å². The van der Waals surface area contributed by atoms with Gasteiger partial charge >= 0.3 is 0 Å². The number of carbonyl (C=O) groups is 2. The second kappa shape index (κ2) is 8.92. The van der Waals surface area contributed by atoms with Crippen molar-refractivity contribution >= 4 is 22.8 Å². The van der Waals surface area contributed by atoms with Crippen LogP contribution in [0.5, 0.6) is 0 Å². The third kappa shape index (κ3) is 4.34. The summed E-state index contributed by atoms with van der Waals surface area (Å²) in [6.45, 7) is 3.87. The van der Waals surface area contributed by atoms with Crippen molar-refractivity contribution < 1.29 is 14.0 Å². The molecular formula is C25H28FN5O2. The van der Waals surface area contributed by atoms with Crippen LogP contribution in [0.3, 0.4) is 0 Å². The summed E-state index contributed by atoms with van der Waals surface area (Å²) in [5, 5.41) is 0. The number of rotatable bonds is 5. The normalized spacial score (nSPS) is 18.4. The molecule has 3 aromatic rings. The van der Waals surface area contributed by atoms with Gasteiger partial charge in [0.2, 0.25) is 0 Å². The fourth-order valence-electron chi connectivity index (χ4n) is 5.03. The van der Waals surface area contributed by atoms with Crippen molar-refractivity contribution in [2.75, 3.05) is 26.2 Å². The molecule has 1 aromatic carbocycles. The SMILES string of the molecule is CC(F)C(=O)N1CCC(c2cnccc2CC2CN(C(=O)c3nc4ccccc4[nH]3)C2)CC1. The molecule has 2 fully saturated rings. The summed E-state index contributed by atoms with van der Waals surface area (Å²) < 4.78 is 13.4. The van der Waals surface area contributed by atoms with Crippen LogP contribution in [0.2, 0.25) is 0 Å². The Labute approximate surface area is 192 Å². The summed E-state index contributed by atoms with van der Waals surface area (Å²) in [7, 11) is 0. The number of amides is 2. The molecular weight excluding hydrogens is 421 g/mol. The molecule has 7 nitrogen and oxygen atoms in total. The zero-order valence-electron chi connectivity index (χ0n) is 18.7. The van der Waals surface area contributed by atoms with Crippen LogP contribution in [0.25, 0.3) is 11.0 Å². The van der Waals surface area contributed by atoms with Gasteiger partial charge in [-0.2, -0.15) is 0 Å². The highest BCUT2D eigenvalue weighted by atomic mass is 19.1. The third-order valence-electron chi connectivity index (χ3n) is 6.88. The fraction of sp³-hybridized carbons (Fsp3) is 0.440. The van der Waals surface area contributed by atoms with Crippen molar-refractivity contribution in [3.63, 3.8) is 0 Å². The van der Waals surface area contributed by atoms with Crippen LogP contribution in [0.4, 0.5) is 4.39 Å². The topological polar surface area (TPSA) is 82.2 Å². The standard InChI is InChI=1S/C25H28FN5O2/c1-16(26)24(32)30-10-7-18(8-11-30)20-13-27-9-6-19(20)12-17-14-31(15-17)25(33)23-28-21-4-2-3-5-22(21)29-23/h2-6,9,13,16-18H,7-8,10-12,14-15H2,1H3,(H,28,29). The predicted octanol–water partition coefficient (Wildman–Crippen LogP) is 3.34. The van der Waals surface area contributed by atoms with Crippen molar-refractivity contribution in [3.05, 3.63) is 59.7 Å². The minimum atomic E-state index is -1.45. The highest BCUT2D eigenvalue weighted by Crippen LogP contribution is 2.32. The van der Waals surface area contributed by atoms with Crippen LogP contribution in [-0.4, -0.2) is 68.9 Å². The van der Waals surface area contributed by atoms with Gasteiger partial charge in [0, 0.05) is 38.6 Å². The van der Waals surface area contributed by atoms with E-state index in [2.05, 4.69) is 21.0 Å². The summed E-state index contributed by atoms with van der Waals surface area (Å²) in [6.07, 6.45) is 4.84. The molecule has 1 atom stereocenters. The molecule has 2 aliphatic heterocycles. The molecule has 1 N–H and O–H groups in total. The molecule has 172 valence electrons. The molecule has 4 heterocycles. The van der Waals surface area contributed by atoms with E-state index in [1.807, 2.05) is 41.6 Å². The number of imidazole rings is 1. The molecule has 2 aliphatic rings. The number of H-pyrrole nitrogens is 1. The van der Waals surface area contributed by atoms with E-state index in [0.29, 0.717) is 43.8 Å². The Morgan fingerprint density at radius 2 is 1.91 bits per heavy atom. The number of pyridine rings is 1. The van der Waals surface area contributed by atoms with Crippen molar-refractivity contribution in [1.29, 1.82) is 0 Å². The first-order valence-corrected chi connectivity index (χ1v) is 11.6. The molecule has 2 amide bonds. The van der Waals surface area contributed by atoms with E-state index in [9.17, 15) is 14.0 Å². The second-order valence-electron chi connectivity index (χ2n) is 9.17. The predicted molar refractivity (Wildman–Crippen MR) is 123 cm³/mol. The lowest BCUT2D eigenvalue weighted by atomic mass is 9.83. The lowest BCUT2D eigenvalue weighted by Crippen LogP contribution is -2.51. The Morgan fingerprint density at radius 1 is 1.15 bits per heavy atom. The van der Waals surface area contributed by atoms with Gasteiger partial charge in [0.05, 0.1) is 11.0 Å². The van der Waals surface area contributed by atoms with Gasteiger partial charge in [0.15, 0.2) is 12.0 Å². The van der Waals surface area contributed by atoms with Gasteiger partial charge in [-0.3, -0.25) is 14.6 Å². The maximum Gasteiger partial charge on any atom is 0.289 e. The summed E-state index contributed by atoms with van der Waals surface area (Å²) in [5.74, 6) is 0.637. The highest BCUT2D eigenvalue weighted by molar-refractivity contribution is 5.94. The highest BCUT2D eigenvalue weighted by Gasteiger charge is 2.34. The number of hydrogen-bond acceptors (Lipinski definition) is 4. The number of likely N-dealkylation sites (tertiary alicyclic amines) is 2. The second-order valence-corrected chi connectivity index (χ2v) is 9.17. The Bertz CT molecular complexity index is 1130. The van der Waals surface area contributed by atoms with Crippen LogP contribution in [0, 0.1) is 5.92 Å². The minimum Gasteiger partial charge on any atom is -0.340 e. The zero-order chi connectivity index (χ0) is 22.9. The molecule has 1 unspecified atom stereocenters. The zero-order valence-corrected chi connectivity index (χ0v) is 18.7. The van der Waals surface area contributed by atoms with Crippen LogP contribution < -0.4 is 0 Å². The van der Waals surface area contributed by atoms with Crippen LogP contribution in [0.1, 0.15) is 47.4 Å². The van der Waals surface area contributed by atoms with Gasteiger partial charge in [-0.1, -0.05) is 12.1 Å². The molecule has 0 aliphatic carbocycles. The van der Waals surface area contributed by atoms with Gasteiger partial charge in [-0.15, -0.1) is 0 Å². The van der Waals surface area contributed by atoms with E-state index in [1.54, 1.807) is 4.90 Å². The van der Waals surface area contributed by atoms with Gasteiger partial charge in [0.25, 0.3) is 11.8 Å². The molecule has 0 bridgehead atoms. The molecule has 2 aromatic heterocycles. The number of piperidine rings is 1. The number of alkyl halides is 1. The first-order valence-electron chi connectivity index (χ1n) is 11.6. The summed E-state index contributed by atoms with van der Waals surface area (Å²) in [4.78, 5) is 40.1. The largest absolute Gasteiger partial charge is 0.340 e. The van der Waals surface area contributed by atoms with E-state index in [-0.39, 0.29) is 5.91 Å². The quantitative estimate of drug-likeness (QED) is 0.648. The number of benzene rings is 1. The average molecular weight is 450 g/mol. The molecule has 0 radical (unpaired) electrons. The average Bonchev–Trinajstić information content (AvgIpc) is 3.25. The van der Waals surface area contributed by atoms with Gasteiger partial charge < -0.3 is 14.8 Å². The number of para-hydroxylation sites is 2. The molecule has 5 rings (SSSR count). The number of nitrogens with zero attached hydrogens (tertiary/aromatic N) is 4. The van der Waals surface area contributed by atoms with E-state index in [0.717, 1.165) is 30.3 Å². The lowest BCUT2D eigenvalue weighted by molar-refractivity contribution is -0.136. The van der Waals surface area contributed by atoms with Crippen molar-refractivity contribution in [2.24, 2.45) is 5.92 Å². The third-order valence-corrected chi connectivity index (χ3v) is 6.88. The van der Waals surface area contributed by atoms with Gasteiger partial charge in [0.1, 0.15) is 0 Å². The Hall–Kier alpha value is -3.29. The van der Waals surface area contributed by atoms with Crippen molar-refractivity contribution in [3.8, 4) is 0 Å². The van der Waals surface area contributed by atoms with E-state index in [1.165, 1.54) is 18.1 Å². The maximum atomic E-state index is 13.4. The van der Waals surface area contributed by atoms with Crippen LogP contribution in [-0.2, 0) is 11.2 Å². The Morgan fingerprint density at radius 3 is 2.64 bits per heavy atom. The first-order chi connectivity index (χ1) is 16.0. The van der Waals surface area contributed by atoms with E-state index >= 15 is 0 Å². The van der Waals surface area contributed by atoms with Crippen LogP contribution in [0.15, 0.2) is 42.7 Å².